The maximum Gasteiger partial charge on any atom is 0.408 e. The average Bonchev–Trinajstić information content (AvgIpc) is 2.65. The van der Waals surface area contributed by atoms with Crippen molar-refractivity contribution in [3.8, 4) is 0 Å². The Kier molecular flexibility index (Phi) is 5.51. The van der Waals surface area contributed by atoms with Gasteiger partial charge in [0.05, 0.1) is 0 Å². The van der Waals surface area contributed by atoms with Crippen LogP contribution < -0.4 is 5.32 Å². The van der Waals surface area contributed by atoms with E-state index in [9.17, 15) is 9.59 Å². The Balaban J connectivity index is 2.38. The summed E-state index contributed by atoms with van der Waals surface area (Å²) in [5.74, 6) is 0.0838. The Morgan fingerprint density at radius 2 is 1.88 bits per heavy atom. The van der Waals surface area contributed by atoms with E-state index in [0.29, 0.717) is 0 Å². The molecule has 0 radical (unpaired) electrons. The lowest BCUT2D eigenvalue weighted by atomic mass is 10.1. The monoisotopic (exact) mass is 339 g/mol. The minimum Gasteiger partial charge on any atom is -0.446 e. The number of carbonyl (C=O) groups excluding carboxylic acids is 2. The Labute approximate surface area is 110 Å². The van der Waals surface area contributed by atoms with Crippen molar-refractivity contribution >= 4 is 32.5 Å². The molecule has 16 heavy (non-hydrogen) atoms. The first kappa shape index (κ1) is 13.7. The van der Waals surface area contributed by atoms with Gasteiger partial charge in [0.1, 0.15) is 12.1 Å². The van der Waals surface area contributed by atoms with Gasteiger partial charge in [-0.3, -0.25) is 4.79 Å². The summed E-state index contributed by atoms with van der Waals surface area (Å²) in [6.07, 6.45) is 3.71. The first-order chi connectivity index (χ1) is 7.50. The largest absolute Gasteiger partial charge is 0.446 e. The van der Waals surface area contributed by atoms with Crippen LogP contribution in [0.25, 0.3) is 0 Å². The number of ether oxygens (including phenoxy) is 1. The van der Waals surface area contributed by atoms with E-state index in [2.05, 4.69) is 5.32 Å². The van der Waals surface area contributed by atoms with Gasteiger partial charge in [-0.1, -0.05) is 13.8 Å². The maximum absolute atomic E-state index is 11.5. The van der Waals surface area contributed by atoms with Crippen molar-refractivity contribution in [2.24, 2.45) is 5.92 Å². The fourth-order valence-corrected chi connectivity index (χ4v) is 2.68. The predicted molar refractivity (Wildman–Crippen MR) is 69.5 cm³/mol. The van der Waals surface area contributed by atoms with Crippen LogP contribution in [-0.2, 0) is 9.53 Å². The molecule has 1 saturated carbocycles. The normalized spacial score (nSPS) is 18.5. The second-order valence-corrected chi connectivity index (χ2v) is 5.55. The number of hydrogen-bond acceptors (Lipinski definition) is 3. The molecule has 0 aromatic rings. The van der Waals surface area contributed by atoms with Gasteiger partial charge >= 0.3 is 6.09 Å². The first-order valence-corrected chi connectivity index (χ1v) is 6.75. The third kappa shape index (κ3) is 4.27. The molecule has 0 heterocycles. The van der Waals surface area contributed by atoms with Crippen LogP contribution in [0.3, 0.4) is 0 Å². The van der Waals surface area contributed by atoms with Crippen LogP contribution in [0.5, 0.6) is 0 Å². The summed E-state index contributed by atoms with van der Waals surface area (Å²) in [6.45, 7) is 3.80. The fourth-order valence-electron chi connectivity index (χ4n) is 1.80. The highest BCUT2D eigenvalue weighted by atomic mass is 127. The summed E-state index contributed by atoms with van der Waals surface area (Å²) in [6, 6.07) is -0.450. The third-order valence-electron chi connectivity index (χ3n) is 2.76. The smallest absolute Gasteiger partial charge is 0.408 e. The molecule has 0 aliphatic heterocycles. The molecule has 1 fully saturated rings. The number of rotatable bonds is 4. The van der Waals surface area contributed by atoms with Gasteiger partial charge in [0.15, 0.2) is 0 Å². The molecular weight excluding hydrogens is 321 g/mol. The van der Waals surface area contributed by atoms with Gasteiger partial charge in [-0.25, -0.2) is 4.79 Å². The molecule has 0 saturated heterocycles. The van der Waals surface area contributed by atoms with E-state index in [4.69, 9.17) is 4.74 Å². The maximum atomic E-state index is 11.5. The lowest BCUT2D eigenvalue weighted by Gasteiger charge is -2.20. The number of alkyl carbamates (subject to hydrolysis) is 1. The zero-order valence-corrected chi connectivity index (χ0v) is 11.8. The first-order valence-electron chi connectivity index (χ1n) is 5.67. The van der Waals surface area contributed by atoms with Crippen molar-refractivity contribution in [1.82, 2.24) is 5.32 Å². The SMILES string of the molecule is CC(C)C(NC(=O)OC1CCCC1)C(=O)I. The molecular formula is C11H18INO3. The van der Waals surface area contributed by atoms with E-state index in [-0.39, 0.29) is 15.8 Å². The summed E-state index contributed by atoms with van der Waals surface area (Å²) in [5, 5.41) is 2.62. The Bertz CT molecular complexity index is 262. The Morgan fingerprint density at radius 1 is 1.31 bits per heavy atom. The number of carbonyl (C=O) groups is 2. The summed E-state index contributed by atoms with van der Waals surface area (Å²) >= 11 is 1.71. The average molecular weight is 339 g/mol. The van der Waals surface area contributed by atoms with Crippen LogP contribution in [-0.4, -0.2) is 22.0 Å². The molecule has 0 bridgehead atoms. The second kappa shape index (κ2) is 6.42. The van der Waals surface area contributed by atoms with Gasteiger partial charge in [0.2, 0.25) is 3.79 Å². The lowest BCUT2D eigenvalue weighted by molar-refractivity contribution is -0.112. The van der Waals surface area contributed by atoms with E-state index >= 15 is 0 Å². The van der Waals surface area contributed by atoms with Crippen molar-refractivity contribution in [3.63, 3.8) is 0 Å². The van der Waals surface area contributed by atoms with Crippen LogP contribution >= 0.6 is 22.6 Å². The Hall–Kier alpha value is -0.330. The minimum atomic E-state index is -0.462. The molecule has 0 aromatic heterocycles. The molecule has 1 atom stereocenters. The van der Waals surface area contributed by atoms with Gasteiger partial charge in [0, 0.05) is 22.6 Å². The molecule has 0 spiro atoms. The highest BCUT2D eigenvalue weighted by Gasteiger charge is 2.25. The van der Waals surface area contributed by atoms with Crippen molar-refractivity contribution in [2.75, 3.05) is 0 Å². The fraction of sp³-hybridized carbons (Fsp3) is 0.818. The van der Waals surface area contributed by atoms with E-state index in [1.54, 1.807) is 22.6 Å². The third-order valence-corrected chi connectivity index (χ3v) is 3.43. The zero-order valence-electron chi connectivity index (χ0n) is 9.66. The zero-order chi connectivity index (χ0) is 12.1. The summed E-state index contributed by atoms with van der Waals surface area (Å²) in [4.78, 5) is 22.8. The molecule has 1 unspecified atom stereocenters. The standard InChI is InChI=1S/C11H18INO3/c1-7(2)9(10(12)14)13-11(15)16-8-5-3-4-6-8/h7-9H,3-6H2,1-2H3,(H,13,15). The molecule has 1 N–H and O–H groups in total. The molecule has 92 valence electrons. The molecule has 5 heteroatoms. The molecule has 1 aliphatic rings. The van der Waals surface area contributed by atoms with Gasteiger partial charge in [-0.2, -0.15) is 0 Å². The summed E-state index contributed by atoms with van der Waals surface area (Å²) < 4.78 is 5.18. The van der Waals surface area contributed by atoms with Crippen LogP contribution in [0.2, 0.25) is 0 Å². The van der Waals surface area contributed by atoms with E-state index < -0.39 is 12.1 Å². The molecule has 1 aliphatic carbocycles. The van der Waals surface area contributed by atoms with Crippen LogP contribution in [0, 0.1) is 5.92 Å². The van der Waals surface area contributed by atoms with Crippen molar-refractivity contribution in [2.45, 2.75) is 51.7 Å². The Morgan fingerprint density at radius 3 is 2.31 bits per heavy atom. The summed E-state index contributed by atoms with van der Waals surface area (Å²) in [7, 11) is 0. The molecule has 1 rings (SSSR count). The van der Waals surface area contributed by atoms with Crippen LogP contribution in [0.1, 0.15) is 39.5 Å². The molecule has 4 nitrogen and oxygen atoms in total. The van der Waals surface area contributed by atoms with Crippen molar-refractivity contribution in [3.05, 3.63) is 0 Å². The van der Waals surface area contributed by atoms with Gasteiger partial charge in [0.25, 0.3) is 0 Å². The minimum absolute atomic E-state index is 0.0390. The summed E-state index contributed by atoms with van der Waals surface area (Å²) in [5.41, 5.74) is 0. The lowest BCUT2D eigenvalue weighted by Crippen LogP contribution is -2.43. The second-order valence-electron chi connectivity index (χ2n) is 4.48. The highest BCUT2D eigenvalue weighted by Crippen LogP contribution is 2.21. The molecule has 0 aromatic carbocycles. The molecule has 1 amide bonds. The quantitative estimate of drug-likeness (QED) is 0.633. The van der Waals surface area contributed by atoms with Crippen LogP contribution in [0.15, 0.2) is 0 Å². The van der Waals surface area contributed by atoms with Crippen molar-refractivity contribution < 1.29 is 14.3 Å². The number of amides is 1. The number of halogens is 1. The van der Waals surface area contributed by atoms with Gasteiger partial charge in [-0.05, 0) is 31.6 Å². The van der Waals surface area contributed by atoms with E-state index in [1.807, 2.05) is 13.8 Å². The van der Waals surface area contributed by atoms with E-state index in [1.165, 1.54) is 0 Å². The number of nitrogens with one attached hydrogen (secondary N) is 1. The van der Waals surface area contributed by atoms with Gasteiger partial charge < -0.3 is 10.1 Å². The van der Waals surface area contributed by atoms with Crippen LogP contribution in [0.4, 0.5) is 4.79 Å². The number of hydrogen-bond donors (Lipinski definition) is 1. The topological polar surface area (TPSA) is 55.4 Å². The van der Waals surface area contributed by atoms with E-state index in [0.717, 1.165) is 25.7 Å². The van der Waals surface area contributed by atoms with Crippen molar-refractivity contribution in [1.29, 1.82) is 0 Å². The van der Waals surface area contributed by atoms with Gasteiger partial charge in [-0.15, -0.1) is 0 Å². The highest BCUT2D eigenvalue weighted by molar-refractivity contribution is 14.1. The predicted octanol–water partition coefficient (Wildman–Crippen LogP) is 2.64.